The van der Waals surface area contributed by atoms with Crippen LogP contribution in [-0.4, -0.2) is 49.2 Å². The first kappa shape index (κ1) is 14.9. The lowest BCUT2D eigenvalue weighted by molar-refractivity contribution is -0.131. The number of aliphatic carboxylic acids is 1. The smallest absolute Gasteiger partial charge is 0.328 e. The molecule has 0 aliphatic heterocycles. The molecule has 5 nitrogen and oxygen atoms in total. The van der Waals surface area contributed by atoms with Crippen LogP contribution in [0.2, 0.25) is 0 Å². The average Bonchev–Trinajstić information content (AvgIpc) is 2.42. The van der Waals surface area contributed by atoms with Crippen molar-refractivity contribution in [3.05, 3.63) is 41.5 Å². The molecule has 0 atom stereocenters. The topological polar surface area (TPSA) is 66.8 Å². The summed E-state index contributed by atoms with van der Waals surface area (Å²) in [6, 6.07) is 6.76. The molecule has 0 heterocycles. The molecule has 1 rings (SSSR count). The maximum Gasteiger partial charge on any atom is 0.328 e. The van der Waals surface area contributed by atoms with Gasteiger partial charge in [-0.15, -0.1) is 0 Å². The van der Waals surface area contributed by atoms with Crippen molar-refractivity contribution in [2.45, 2.75) is 0 Å². The number of carboxylic acid groups (broad SMARTS) is 1. The van der Waals surface area contributed by atoms with Crippen LogP contribution in [0.3, 0.4) is 0 Å². The summed E-state index contributed by atoms with van der Waals surface area (Å²) in [5.74, 6) is -1.09. The number of carboxylic acids is 1. The standard InChI is InChI=1S/C14H17NO4/c1-15(9-10-19-2)14(18)12-6-3-11(4-7-12)5-8-13(16)17/h3-8H,9-10H2,1-2H3,(H,16,17)/b8-5+. The van der Waals surface area contributed by atoms with Gasteiger partial charge in [0.1, 0.15) is 0 Å². The summed E-state index contributed by atoms with van der Waals surface area (Å²) in [5, 5.41) is 8.51. The number of amides is 1. The summed E-state index contributed by atoms with van der Waals surface area (Å²) >= 11 is 0. The largest absolute Gasteiger partial charge is 0.478 e. The third-order valence-corrected chi connectivity index (χ3v) is 2.55. The lowest BCUT2D eigenvalue weighted by Gasteiger charge is -2.16. The first-order chi connectivity index (χ1) is 9.04. The zero-order chi connectivity index (χ0) is 14.3. The molecule has 102 valence electrons. The van der Waals surface area contributed by atoms with E-state index in [-0.39, 0.29) is 5.91 Å². The number of hydrogen-bond acceptors (Lipinski definition) is 3. The second kappa shape index (κ2) is 7.33. The van der Waals surface area contributed by atoms with Gasteiger partial charge in [0.25, 0.3) is 5.91 Å². The van der Waals surface area contributed by atoms with Crippen LogP contribution >= 0.6 is 0 Å². The van der Waals surface area contributed by atoms with Gasteiger partial charge in [-0.05, 0) is 23.8 Å². The zero-order valence-corrected chi connectivity index (χ0v) is 11.0. The first-order valence-electron chi connectivity index (χ1n) is 5.80. The number of rotatable bonds is 6. The Morgan fingerprint density at radius 1 is 1.32 bits per heavy atom. The minimum atomic E-state index is -1.00. The van der Waals surface area contributed by atoms with E-state index < -0.39 is 5.97 Å². The summed E-state index contributed by atoms with van der Waals surface area (Å²) in [5.41, 5.74) is 1.30. The molecule has 0 radical (unpaired) electrons. The van der Waals surface area contributed by atoms with Crippen LogP contribution in [0.15, 0.2) is 30.3 Å². The third-order valence-electron chi connectivity index (χ3n) is 2.55. The fraction of sp³-hybridized carbons (Fsp3) is 0.286. The minimum absolute atomic E-state index is 0.0918. The number of likely N-dealkylation sites (N-methyl/N-ethyl adjacent to an activating group) is 1. The molecule has 1 amide bonds. The van der Waals surface area contributed by atoms with Crippen LogP contribution in [0.25, 0.3) is 6.08 Å². The molecule has 19 heavy (non-hydrogen) atoms. The molecule has 0 aromatic heterocycles. The maximum atomic E-state index is 12.0. The molecular formula is C14H17NO4. The van der Waals surface area contributed by atoms with Gasteiger partial charge in [-0.25, -0.2) is 4.79 Å². The summed E-state index contributed by atoms with van der Waals surface area (Å²) in [6.45, 7) is 1.01. The molecule has 1 aromatic carbocycles. The van der Waals surface area contributed by atoms with E-state index in [2.05, 4.69) is 0 Å². The van der Waals surface area contributed by atoms with E-state index in [0.29, 0.717) is 18.7 Å². The second-order valence-electron chi connectivity index (χ2n) is 4.01. The Hall–Kier alpha value is -2.14. The van der Waals surface area contributed by atoms with Crippen molar-refractivity contribution in [1.82, 2.24) is 4.90 Å². The highest BCUT2D eigenvalue weighted by atomic mass is 16.5. The van der Waals surface area contributed by atoms with Crippen LogP contribution in [0, 0.1) is 0 Å². The number of carbonyl (C=O) groups excluding carboxylic acids is 1. The first-order valence-corrected chi connectivity index (χ1v) is 5.80. The van der Waals surface area contributed by atoms with Crippen LogP contribution in [-0.2, 0) is 9.53 Å². The Morgan fingerprint density at radius 2 is 1.95 bits per heavy atom. The Morgan fingerprint density at radius 3 is 2.47 bits per heavy atom. The van der Waals surface area contributed by atoms with Gasteiger partial charge < -0.3 is 14.7 Å². The minimum Gasteiger partial charge on any atom is -0.478 e. The fourth-order valence-electron chi connectivity index (χ4n) is 1.45. The Kier molecular flexibility index (Phi) is 5.75. The molecule has 1 N–H and O–H groups in total. The van der Waals surface area contributed by atoms with Crippen molar-refractivity contribution in [3.63, 3.8) is 0 Å². The van der Waals surface area contributed by atoms with Gasteiger partial charge in [-0.1, -0.05) is 12.1 Å². The quantitative estimate of drug-likeness (QED) is 0.790. The Balaban J connectivity index is 2.70. The molecular weight excluding hydrogens is 246 g/mol. The number of carbonyl (C=O) groups is 2. The third kappa shape index (κ3) is 4.93. The number of hydrogen-bond donors (Lipinski definition) is 1. The van der Waals surface area contributed by atoms with Gasteiger partial charge in [0.15, 0.2) is 0 Å². The second-order valence-corrected chi connectivity index (χ2v) is 4.01. The van der Waals surface area contributed by atoms with Gasteiger partial charge in [-0.3, -0.25) is 4.79 Å². The summed E-state index contributed by atoms with van der Waals surface area (Å²) < 4.78 is 4.91. The number of nitrogens with zero attached hydrogens (tertiary/aromatic N) is 1. The number of benzene rings is 1. The van der Waals surface area contributed by atoms with Crippen molar-refractivity contribution in [2.75, 3.05) is 27.3 Å². The van der Waals surface area contributed by atoms with E-state index in [1.165, 1.54) is 6.08 Å². The highest BCUT2D eigenvalue weighted by Crippen LogP contribution is 2.08. The van der Waals surface area contributed by atoms with Crippen LogP contribution < -0.4 is 0 Å². The van der Waals surface area contributed by atoms with Gasteiger partial charge in [-0.2, -0.15) is 0 Å². The molecule has 0 saturated carbocycles. The predicted molar refractivity (Wildman–Crippen MR) is 71.9 cm³/mol. The maximum absolute atomic E-state index is 12.0. The van der Waals surface area contributed by atoms with E-state index in [1.807, 2.05) is 0 Å². The van der Waals surface area contributed by atoms with Crippen LogP contribution in [0.5, 0.6) is 0 Å². The summed E-state index contributed by atoms with van der Waals surface area (Å²) in [7, 11) is 3.29. The van der Waals surface area contributed by atoms with Crippen molar-refractivity contribution in [3.8, 4) is 0 Å². The van der Waals surface area contributed by atoms with Crippen LogP contribution in [0.4, 0.5) is 0 Å². The zero-order valence-electron chi connectivity index (χ0n) is 11.0. The Bertz CT molecular complexity index is 465. The van der Waals surface area contributed by atoms with E-state index in [0.717, 1.165) is 11.6 Å². The molecule has 0 aliphatic carbocycles. The fourth-order valence-corrected chi connectivity index (χ4v) is 1.45. The van der Waals surface area contributed by atoms with Gasteiger partial charge in [0, 0.05) is 32.3 Å². The molecule has 0 spiro atoms. The van der Waals surface area contributed by atoms with Crippen LogP contribution in [0.1, 0.15) is 15.9 Å². The van der Waals surface area contributed by atoms with Crippen molar-refractivity contribution in [2.24, 2.45) is 0 Å². The molecule has 0 aliphatic rings. The predicted octanol–water partition coefficient (Wildman–Crippen LogP) is 1.50. The van der Waals surface area contributed by atoms with Crippen molar-refractivity contribution >= 4 is 18.0 Å². The highest BCUT2D eigenvalue weighted by molar-refractivity contribution is 5.94. The molecule has 0 unspecified atom stereocenters. The normalized spacial score (nSPS) is 10.6. The van der Waals surface area contributed by atoms with E-state index in [1.54, 1.807) is 43.3 Å². The molecule has 1 aromatic rings. The van der Waals surface area contributed by atoms with E-state index >= 15 is 0 Å². The monoisotopic (exact) mass is 263 g/mol. The van der Waals surface area contributed by atoms with E-state index in [4.69, 9.17) is 9.84 Å². The number of methoxy groups -OCH3 is 1. The average molecular weight is 263 g/mol. The molecule has 0 bridgehead atoms. The van der Waals surface area contributed by atoms with Crippen molar-refractivity contribution in [1.29, 1.82) is 0 Å². The van der Waals surface area contributed by atoms with E-state index in [9.17, 15) is 9.59 Å². The highest BCUT2D eigenvalue weighted by Gasteiger charge is 2.10. The Labute approximate surface area is 112 Å². The molecule has 5 heteroatoms. The van der Waals surface area contributed by atoms with Crippen molar-refractivity contribution < 1.29 is 19.4 Å². The number of ether oxygens (including phenoxy) is 1. The SMILES string of the molecule is COCCN(C)C(=O)c1ccc(/C=C/C(=O)O)cc1. The van der Waals surface area contributed by atoms with Gasteiger partial charge in [0.2, 0.25) is 0 Å². The summed E-state index contributed by atoms with van der Waals surface area (Å²) in [6.07, 6.45) is 2.53. The van der Waals surface area contributed by atoms with Gasteiger partial charge >= 0.3 is 5.97 Å². The molecule has 0 saturated heterocycles. The molecule has 0 fully saturated rings. The summed E-state index contributed by atoms with van der Waals surface area (Å²) in [4.78, 5) is 23.9. The lowest BCUT2D eigenvalue weighted by Crippen LogP contribution is -2.29. The van der Waals surface area contributed by atoms with Gasteiger partial charge in [0.05, 0.1) is 6.61 Å². The lowest BCUT2D eigenvalue weighted by atomic mass is 10.1.